The molecule has 0 radical (unpaired) electrons. The minimum Gasteiger partial charge on any atom is -0.337 e. The Kier molecular flexibility index (Phi) is 6.05. The summed E-state index contributed by atoms with van der Waals surface area (Å²) in [5, 5.41) is 3.48. The third-order valence-corrected chi connectivity index (χ3v) is 4.24. The second-order valence-corrected chi connectivity index (χ2v) is 6.32. The fourth-order valence-electron chi connectivity index (χ4n) is 2.61. The molecule has 0 aliphatic carbocycles. The Labute approximate surface area is 129 Å². The number of halogens is 1. The normalized spacial score (nSPS) is 18.2. The average molecular weight is 339 g/mol. The van der Waals surface area contributed by atoms with Crippen LogP contribution in [0.3, 0.4) is 0 Å². The van der Waals surface area contributed by atoms with Gasteiger partial charge in [0.2, 0.25) is 0 Å². The Bertz CT molecular complexity index is 444. The molecule has 0 saturated carbocycles. The van der Waals surface area contributed by atoms with E-state index in [9.17, 15) is 4.79 Å². The molecule has 1 unspecified atom stereocenters. The summed E-state index contributed by atoms with van der Waals surface area (Å²) < 4.78 is 0.956. The average Bonchev–Trinajstić information content (AvgIpc) is 2.95. The number of rotatable bonds is 6. The Morgan fingerprint density at radius 1 is 1.50 bits per heavy atom. The lowest BCUT2D eigenvalue weighted by molar-refractivity contribution is 0.0739. The van der Waals surface area contributed by atoms with Gasteiger partial charge in [0, 0.05) is 29.2 Å². The van der Waals surface area contributed by atoms with E-state index < -0.39 is 0 Å². The number of nitrogens with zero attached hydrogens (tertiary/aromatic N) is 1. The van der Waals surface area contributed by atoms with E-state index >= 15 is 0 Å². The molecule has 1 saturated heterocycles. The van der Waals surface area contributed by atoms with Crippen LogP contribution in [0.25, 0.3) is 0 Å². The highest BCUT2D eigenvalue weighted by atomic mass is 79.9. The number of hydrogen-bond acceptors (Lipinski definition) is 2. The van der Waals surface area contributed by atoms with E-state index in [1.165, 1.54) is 12.8 Å². The summed E-state index contributed by atoms with van der Waals surface area (Å²) in [6.07, 6.45) is 4.57. The summed E-state index contributed by atoms with van der Waals surface area (Å²) >= 11 is 3.44. The van der Waals surface area contributed by atoms with Crippen molar-refractivity contribution in [2.75, 3.05) is 19.6 Å². The molecule has 0 aromatic heterocycles. The van der Waals surface area contributed by atoms with Gasteiger partial charge < -0.3 is 10.2 Å². The van der Waals surface area contributed by atoms with Crippen molar-refractivity contribution in [1.29, 1.82) is 0 Å². The van der Waals surface area contributed by atoms with Gasteiger partial charge in [0.25, 0.3) is 5.91 Å². The van der Waals surface area contributed by atoms with Crippen LogP contribution in [-0.2, 0) is 0 Å². The number of nitrogens with one attached hydrogen (secondary N) is 1. The van der Waals surface area contributed by atoms with Crippen LogP contribution in [0, 0.1) is 0 Å². The minimum absolute atomic E-state index is 0.147. The van der Waals surface area contributed by atoms with Gasteiger partial charge in [0.1, 0.15) is 0 Å². The molecule has 1 aromatic rings. The Morgan fingerprint density at radius 2 is 2.35 bits per heavy atom. The number of benzene rings is 1. The van der Waals surface area contributed by atoms with Gasteiger partial charge in [-0.1, -0.05) is 35.3 Å². The summed E-state index contributed by atoms with van der Waals surface area (Å²) in [7, 11) is 0. The van der Waals surface area contributed by atoms with Crippen LogP contribution >= 0.6 is 15.9 Å². The zero-order valence-corrected chi connectivity index (χ0v) is 13.7. The summed E-state index contributed by atoms with van der Waals surface area (Å²) in [6.45, 7) is 4.91. The van der Waals surface area contributed by atoms with Gasteiger partial charge in [-0.2, -0.15) is 0 Å². The zero-order chi connectivity index (χ0) is 14.4. The fourth-order valence-corrected chi connectivity index (χ4v) is 3.01. The van der Waals surface area contributed by atoms with Gasteiger partial charge in [-0.15, -0.1) is 0 Å². The second-order valence-electron chi connectivity index (χ2n) is 5.41. The lowest BCUT2D eigenvalue weighted by Crippen LogP contribution is -2.41. The molecule has 1 aliphatic rings. The van der Waals surface area contributed by atoms with E-state index in [2.05, 4.69) is 28.2 Å². The molecular weight excluding hydrogens is 316 g/mol. The molecule has 1 atom stereocenters. The van der Waals surface area contributed by atoms with Gasteiger partial charge in [-0.25, -0.2) is 0 Å². The largest absolute Gasteiger partial charge is 0.337 e. The van der Waals surface area contributed by atoms with E-state index in [0.29, 0.717) is 6.04 Å². The molecule has 1 N–H and O–H groups in total. The molecule has 3 nitrogen and oxygen atoms in total. The van der Waals surface area contributed by atoms with Gasteiger partial charge in [0.15, 0.2) is 0 Å². The van der Waals surface area contributed by atoms with Gasteiger partial charge >= 0.3 is 0 Å². The summed E-state index contributed by atoms with van der Waals surface area (Å²) in [6, 6.07) is 8.13. The molecular formula is C16H23BrN2O. The zero-order valence-electron chi connectivity index (χ0n) is 12.1. The predicted octanol–water partition coefficient (Wildman–Crippen LogP) is 3.44. The monoisotopic (exact) mass is 338 g/mol. The molecule has 110 valence electrons. The van der Waals surface area contributed by atoms with Crippen molar-refractivity contribution < 1.29 is 4.79 Å². The molecule has 1 heterocycles. The van der Waals surface area contributed by atoms with Crippen LogP contribution in [0.1, 0.15) is 43.0 Å². The van der Waals surface area contributed by atoms with E-state index in [-0.39, 0.29) is 5.91 Å². The molecule has 4 heteroatoms. The molecule has 1 aliphatic heterocycles. The summed E-state index contributed by atoms with van der Waals surface area (Å²) in [5.41, 5.74) is 0.772. The highest BCUT2D eigenvalue weighted by Crippen LogP contribution is 2.15. The Morgan fingerprint density at radius 3 is 3.00 bits per heavy atom. The Hall–Kier alpha value is -0.870. The van der Waals surface area contributed by atoms with Crippen molar-refractivity contribution in [3.05, 3.63) is 34.3 Å². The maximum Gasteiger partial charge on any atom is 0.253 e. The maximum atomic E-state index is 12.7. The van der Waals surface area contributed by atoms with E-state index in [4.69, 9.17) is 0 Å². The summed E-state index contributed by atoms with van der Waals surface area (Å²) in [4.78, 5) is 14.7. The number of carbonyl (C=O) groups excluding carboxylic acids is 1. The van der Waals surface area contributed by atoms with Gasteiger partial charge in [-0.3, -0.25) is 4.79 Å². The lowest BCUT2D eigenvalue weighted by atomic mass is 10.1. The first-order valence-electron chi connectivity index (χ1n) is 7.49. The molecule has 1 fully saturated rings. The molecule has 1 amide bonds. The number of carbonyl (C=O) groups is 1. The van der Waals surface area contributed by atoms with Crippen LogP contribution in [0.15, 0.2) is 28.7 Å². The van der Waals surface area contributed by atoms with Crippen molar-refractivity contribution >= 4 is 21.8 Å². The quantitative estimate of drug-likeness (QED) is 0.861. The molecule has 20 heavy (non-hydrogen) atoms. The number of hydrogen-bond donors (Lipinski definition) is 1. The molecule has 2 rings (SSSR count). The van der Waals surface area contributed by atoms with Crippen LogP contribution in [-0.4, -0.2) is 36.5 Å². The minimum atomic E-state index is 0.147. The first kappa shape index (κ1) is 15.5. The van der Waals surface area contributed by atoms with E-state index in [0.717, 1.165) is 42.5 Å². The molecule has 0 bridgehead atoms. The molecule has 0 spiro atoms. The number of amides is 1. The summed E-state index contributed by atoms with van der Waals surface area (Å²) in [5.74, 6) is 0.147. The second kappa shape index (κ2) is 7.79. The van der Waals surface area contributed by atoms with Crippen LogP contribution in [0.5, 0.6) is 0 Å². The Balaban J connectivity index is 2.05. The smallest absolute Gasteiger partial charge is 0.253 e. The van der Waals surface area contributed by atoms with Crippen molar-refractivity contribution in [1.82, 2.24) is 10.2 Å². The van der Waals surface area contributed by atoms with E-state index in [1.807, 2.05) is 29.2 Å². The number of unbranched alkanes of at least 4 members (excludes halogenated alkanes) is 1. The highest BCUT2D eigenvalue weighted by molar-refractivity contribution is 9.10. The van der Waals surface area contributed by atoms with Crippen LogP contribution in [0.2, 0.25) is 0 Å². The van der Waals surface area contributed by atoms with Crippen molar-refractivity contribution in [3.8, 4) is 0 Å². The predicted molar refractivity (Wildman–Crippen MR) is 86.0 cm³/mol. The van der Waals surface area contributed by atoms with Gasteiger partial charge in [0.05, 0.1) is 0 Å². The van der Waals surface area contributed by atoms with Crippen LogP contribution < -0.4 is 5.32 Å². The lowest BCUT2D eigenvalue weighted by Gasteiger charge is -2.26. The SMILES string of the molecule is CCCCN(CC1CCCN1)C(=O)c1cccc(Br)c1. The van der Waals surface area contributed by atoms with Crippen molar-refractivity contribution in [3.63, 3.8) is 0 Å². The fraction of sp³-hybridized carbons (Fsp3) is 0.562. The first-order chi connectivity index (χ1) is 9.70. The highest BCUT2D eigenvalue weighted by Gasteiger charge is 2.22. The van der Waals surface area contributed by atoms with Gasteiger partial charge in [-0.05, 0) is 44.0 Å². The molecule has 1 aromatic carbocycles. The third-order valence-electron chi connectivity index (χ3n) is 3.74. The van der Waals surface area contributed by atoms with E-state index in [1.54, 1.807) is 0 Å². The van der Waals surface area contributed by atoms with Crippen molar-refractivity contribution in [2.24, 2.45) is 0 Å². The standard InChI is InChI=1S/C16H23BrN2O/c1-2-3-10-19(12-15-8-5-9-18-15)16(20)13-6-4-7-14(17)11-13/h4,6-7,11,15,18H,2-3,5,8-10,12H2,1H3. The maximum absolute atomic E-state index is 12.7. The third kappa shape index (κ3) is 4.32. The first-order valence-corrected chi connectivity index (χ1v) is 8.28. The van der Waals surface area contributed by atoms with Crippen LogP contribution in [0.4, 0.5) is 0 Å². The topological polar surface area (TPSA) is 32.3 Å². The van der Waals surface area contributed by atoms with Crippen molar-refractivity contribution in [2.45, 2.75) is 38.6 Å².